The Bertz CT molecular complexity index is 404. The van der Waals surface area contributed by atoms with E-state index >= 15 is 0 Å². The van der Waals surface area contributed by atoms with Gasteiger partial charge in [-0.25, -0.2) is 0 Å². The maximum Gasteiger partial charge on any atom is 0.308 e. The molecule has 0 aliphatic heterocycles. The normalized spacial score (nSPS) is 10.9. The van der Waals surface area contributed by atoms with Crippen molar-refractivity contribution in [1.29, 1.82) is 0 Å². The van der Waals surface area contributed by atoms with Gasteiger partial charge in [-0.15, -0.1) is 0 Å². The summed E-state index contributed by atoms with van der Waals surface area (Å²) >= 11 is 0. The number of ether oxygens (including phenoxy) is 3. The van der Waals surface area contributed by atoms with Crippen LogP contribution in [0.25, 0.3) is 0 Å². The number of rotatable bonds is 3. The first kappa shape index (κ1) is 13.4. The van der Waals surface area contributed by atoms with E-state index in [0.29, 0.717) is 17.2 Å². The number of benzene rings is 1. The number of carbonyl (C=O) groups excluding carboxylic acids is 1. The first-order valence-corrected chi connectivity index (χ1v) is 5.38. The van der Waals surface area contributed by atoms with Crippen LogP contribution in [0.2, 0.25) is 0 Å². The number of para-hydroxylation sites is 1. The van der Waals surface area contributed by atoms with Crippen LogP contribution in [0.4, 0.5) is 0 Å². The van der Waals surface area contributed by atoms with Gasteiger partial charge in [0.15, 0.2) is 11.5 Å². The zero-order valence-corrected chi connectivity index (χ0v) is 10.9. The first-order valence-electron chi connectivity index (χ1n) is 5.38. The van der Waals surface area contributed by atoms with Gasteiger partial charge < -0.3 is 14.2 Å². The van der Waals surface area contributed by atoms with Crippen molar-refractivity contribution in [3.63, 3.8) is 0 Å². The molecule has 0 amide bonds. The van der Waals surface area contributed by atoms with Gasteiger partial charge in [-0.05, 0) is 32.9 Å². The van der Waals surface area contributed by atoms with Crippen LogP contribution in [0.5, 0.6) is 17.2 Å². The first-order chi connectivity index (χ1) is 7.83. The molecule has 0 bridgehead atoms. The molecule has 1 aromatic carbocycles. The van der Waals surface area contributed by atoms with Crippen LogP contribution in [0.1, 0.15) is 27.7 Å². The molecule has 0 N–H and O–H groups in total. The van der Waals surface area contributed by atoms with Gasteiger partial charge in [0.1, 0.15) is 5.60 Å². The fraction of sp³-hybridized carbons (Fsp3) is 0.462. The molecular weight excluding hydrogens is 220 g/mol. The third-order valence-electron chi connectivity index (χ3n) is 1.82. The van der Waals surface area contributed by atoms with E-state index in [4.69, 9.17) is 14.2 Å². The molecule has 4 heteroatoms. The van der Waals surface area contributed by atoms with Gasteiger partial charge in [-0.2, -0.15) is 0 Å². The zero-order valence-electron chi connectivity index (χ0n) is 10.9. The molecule has 0 saturated heterocycles. The molecule has 0 spiro atoms. The summed E-state index contributed by atoms with van der Waals surface area (Å²) in [5, 5.41) is 0. The number of esters is 1. The Morgan fingerprint density at radius 2 is 1.76 bits per heavy atom. The molecule has 0 radical (unpaired) electrons. The maximum absolute atomic E-state index is 11.1. The summed E-state index contributed by atoms with van der Waals surface area (Å²) in [4.78, 5) is 11.1. The summed E-state index contributed by atoms with van der Waals surface area (Å²) in [6.45, 7) is 7.10. The van der Waals surface area contributed by atoms with E-state index in [-0.39, 0.29) is 5.60 Å². The van der Waals surface area contributed by atoms with Gasteiger partial charge >= 0.3 is 5.97 Å². The number of hydrogen-bond donors (Lipinski definition) is 0. The summed E-state index contributed by atoms with van der Waals surface area (Å²) in [7, 11) is 1.52. The standard InChI is InChI=1S/C13H18O4/c1-9(14)16-12-10(15-5)7-6-8-11(12)17-13(2,3)4/h6-8H,1-5H3. The fourth-order valence-corrected chi connectivity index (χ4v) is 1.31. The highest BCUT2D eigenvalue weighted by Gasteiger charge is 2.19. The summed E-state index contributed by atoms with van der Waals surface area (Å²) in [5.74, 6) is 0.875. The smallest absolute Gasteiger partial charge is 0.308 e. The molecule has 1 rings (SSSR count). The van der Waals surface area contributed by atoms with Crippen molar-refractivity contribution in [2.24, 2.45) is 0 Å². The molecular formula is C13H18O4. The minimum atomic E-state index is -0.409. The van der Waals surface area contributed by atoms with Crippen molar-refractivity contribution in [2.45, 2.75) is 33.3 Å². The Balaban J connectivity index is 3.14. The molecule has 0 atom stereocenters. The Labute approximate surface area is 101 Å². The highest BCUT2D eigenvalue weighted by molar-refractivity contribution is 5.72. The minimum Gasteiger partial charge on any atom is -0.493 e. The van der Waals surface area contributed by atoms with E-state index in [1.807, 2.05) is 20.8 Å². The highest BCUT2D eigenvalue weighted by atomic mass is 16.6. The number of hydrogen-bond acceptors (Lipinski definition) is 4. The summed E-state index contributed by atoms with van der Waals surface area (Å²) in [6, 6.07) is 5.24. The van der Waals surface area contributed by atoms with Crippen LogP contribution < -0.4 is 14.2 Å². The lowest BCUT2D eigenvalue weighted by molar-refractivity contribution is -0.132. The van der Waals surface area contributed by atoms with E-state index in [2.05, 4.69) is 0 Å². The lowest BCUT2D eigenvalue weighted by Crippen LogP contribution is -2.23. The minimum absolute atomic E-state index is 0.317. The van der Waals surface area contributed by atoms with Crippen molar-refractivity contribution in [1.82, 2.24) is 0 Å². The molecule has 1 aromatic rings. The molecule has 0 unspecified atom stereocenters. The van der Waals surface area contributed by atoms with Gasteiger partial charge in [0, 0.05) is 6.92 Å². The highest BCUT2D eigenvalue weighted by Crippen LogP contribution is 2.38. The van der Waals surface area contributed by atoms with Crippen LogP contribution in [-0.4, -0.2) is 18.7 Å². The molecule has 0 aliphatic carbocycles. The SMILES string of the molecule is COc1cccc(OC(C)(C)C)c1OC(C)=O. The Hall–Kier alpha value is -1.71. The van der Waals surface area contributed by atoms with Crippen LogP contribution >= 0.6 is 0 Å². The van der Waals surface area contributed by atoms with Crippen LogP contribution in [-0.2, 0) is 4.79 Å². The van der Waals surface area contributed by atoms with E-state index in [9.17, 15) is 4.79 Å². The predicted molar refractivity (Wildman–Crippen MR) is 64.7 cm³/mol. The zero-order chi connectivity index (χ0) is 13.1. The van der Waals surface area contributed by atoms with Crippen LogP contribution in [0.3, 0.4) is 0 Å². The van der Waals surface area contributed by atoms with Gasteiger partial charge in [-0.1, -0.05) is 6.07 Å². The molecule has 0 fully saturated rings. The van der Waals surface area contributed by atoms with Gasteiger partial charge in [0.05, 0.1) is 7.11 Å². The second kappa shape index (κ2) is 5.08. The molecule has 4 nitrogen and oxygen atoms in total. The number of methoxy groups -OCH3 is 1. The lowest BCUT2D eigenvalue weighted by Gasteiger charge is -2.23. The van der Waals surface area contributed by atoms with Crippen molar-refractivity contribution >= 4 is 5.97 Å². The molecule has 94 valence electrons. The second-order valence-corrected chi connectivity index (χ2v) is 4.60. The lowest BCUT2D eigenvalue weighted by atomic mass is 10.2. The second-order valence-electron chi connectivity index (χ2n) is 4.60. The predicted octanol–water partition coefficient (Wildman–Crippen LogP) is 2.80. The van der Waals surface area contributed by atoms with Crippen molar-refractivity contribution in [3.8, 4) is 17.2 Å². The van der Waals surface area contributed by atoms with Gasteiger partial charge in [0.2, 0.25) is 5.75 Å². The van der Waals surface area contributed by atoms with E-state index in [0.717, 1.165) is 0 Å². The molecule has 0 heterocycles. The van der Waals surface area contributed by atoms with E-state index in [1.165, 1.54) is 14.0 Å². The average molecular weight is 238 g/mol. The number of carbonyl (C=O) groups is 1. The third-order valence-corrected chi connectivity index (χ3v) is 1.82. The van der Waals surface area contributed by atoms with E-state index < -0.39 is 5.97 Å². The maximum atomic E-state index is 11.1. The quantitative estimate of drug-likeness (QED) is 0.600. The summed E-state index contributed by atoms with van der Waals surface area (Å²) in [5.41, 5.74) is -0.374. The van der Waals surface area contributed by atoms with Crippen LogP contribution in [0, 0.1) is 0 Å². The van der Waals surface area contributed by atoms with Crippen molar-refractivity contribution < 1.29 is 19.0 Å². The molecule has 0 saturated carbocycles. The Kier molecular flexibility index (Phi) is 3.99. The van der Waals surface area contributed by atoms with Crippen LogP contribution in [0.15, 0.2) is 18.2 Å². The van der Waals surface area contributed by atoms with E-state index in [1.54, 1.807) is 18.2 Å². The van der Waals surface area contributed by atoms with Gasteiger partial charge in [0.25, 0.3) is 0 Å². The Morgan fingerprint density at radius 3 is 2.24 bits per heavy atom. The van der Waals surface area contributed by atoms with Crippen molar-refractivity contribution in [2.75, 3.05) is 7.11 Å². The summed E-state index contributed by atoms with van der Waals surface area (Å²) in [6.07, 6.45) is 0. The van der Waals surface area contributed by atoms with Crippen molar-refractivity contribution in [3.05, 3.63) is 18.2 Å². The Morgan fingerprint density at radius 1 is 1.18 bits per heavy atom. The topological polar surface area (TPSA) is 44.8 Å². The van der Waals surface area contributed by atoms with Gasteiger partial charge in [-0.3, -0.25) is 4.79 Å². The monoisotopic (exact) mass is 238 g/mol. The molecule has 0 aromatic heterocycles. The summed E-state index contributed by atoms with van der Waals surface area (Å²) < 4.78 is 16.0. The molecule has 0 aliphatic rings. The molecule has 17 heavy (non-hydrogen) atoms. The fourth-order valence-electron chi connectivity index (χ4n) is 1.31. The largest absolute Gasteiger partial charge is 0.493 e. The average Bonchev–Trinajstić information content (AvgIpc) is 2.17. The third kappa shape index (κ3) is 3.98.